The van der Waals surface area contributed by atoms with E-state index in [-0.39, 0.29) is 24.5 Å². The van der Waals surface area contributed by atoms with Crippen molar-refractivity contribution in [3.8, 4) is 0 Å². The lowest BCUT2D eigenvalue weighted by atomic mass is 10.0. The van der Waals surface area contributed by atoms with Crippen LogP contribution >= 0.6 is 0 Å². The van der Waals surface area contributed by atoms with Gasteiger partial charge in [-0.3, -0.25) is 9.78 Å². The summed E-state index contributed by atoms with van der Waals surface area (Å²) in [6.45, 7) is 1.70. The average Bonchev–Trinajstić information content (AvgIpc) is 2.53. The van der Waals surface area contributed by atoms with Crippen LogP contribution in [0.4, 0.5) is 0 Å². The summed E-state index contributed by atoms with van der Waals surface area (Å²) < 4.78 is 0. The first-order valence-corrected chi connectivity index (χ1v) is 6.58. The SMILES string of the molecule is CC(C(=O)NC(CO)c1ccccc1)c1cccnc1. The number of hydrogen-bond acceptors (Lipinski definition) is 3. The van der Waals surface area contributed by atoms with Gasteiger partial charge in [-0.25, -0.2) is 0 Å². The maximum absolute atomic E-state index is 12.2. The zero-order valence-electron chi connectivity index (χ0n) is 11.4. The zero-order chi connectivity index (χ0) is 14.4. The molecule has 1 aromatic heterocycles. The maximum Gasteiger partial charge on any atom is 0.227 e. The largest absolute Gasteiger partial charge is 0.394 e. The van der Waals surface area contributed by atoms with Gasteiger partial charge in [0.2, 0.25) is 5.91 Å². The lowest BCUT2D eigenvalue weighted by Gasteiger charge is -2.19. The maximum atomic E-state index is 12.2. The van der Waals surface area contributed by atoms with Gasteiger partial charge < -0.3 is 10.4 Å². The van der Waals surface area contributed by atoms with E-state index < -0.39 is 0 Å². The first-order chi connectivity index (χ1) is 9.72. The molecule has 2 atom stereocenters. The van der Waals surface area contributed by atoms with Gasteiger partial charge >= 0.3 is 0 Å². The normalized spacial score (nSPS) is 13.5. The Morgan fingerprint density at radius 2 is 1.90 bits per heavy atom. The Morgan fingerprint density at radius 1 is 1.20 bits per heavy atom. The van der Waals surface area contributed by atoms with Gasteiger partial charge in [0.05, 0.1) is 18.6 Å². The molecule has 2 rings (SSSR count). The van der Waals surface area contributed by atoms with E-state index in [9.17, 15) is 9.90 Å². The lowest BCUT2D eigenvalue weighted by molar-refractivity contribution is -0.123. The molecule has 0 aliphatic heterocycles. The van der Waals surface area contributed by atoms with Gasteiger partial charge in [-0.2, -0.15) is 0 Å². The van der Waals surface area contributed by atoms with E-state index in [2.05, 4.69) is 10.3 Å². The van der Waals surface area contributed by atoms with Crippen molar-refractivity contribution in [2.45, 2.75) is 18.9 Å². The van der Waals surface area contributed by atoms with Crippen LogP contribution in [-0.2, 0) is 4.79 Å². The van der Waals surface area contributed by atoms with Crippen LogP contribution in [0.1, 0.15) is 30.0 Å². The molecule has 0 aliphatic rings. The average molecular weight is 270 g/mol. The molecule has 0 bridgehead atoms. The summed E-state index contributed by atoms with van der Waals surface area (Å²) >= 11 is 0. The van der Waals surface area contributed by atoms with E-state index in [0.29, 0.717) is 0 Å². The Bertz CT molecular complexity index is 543. The van der Waals surface area contributed by atoms with Crippen LogP contribution in [0.3, 0.4) is 0 Å². The molecule has 20 heavy (non-hydrogen) atoms. The molecule has 0 saturated carbocycles. The van der Waals surface area contributed by atoms with Crippen LogP contribution in [0.5, 0.6) is 0 Å². The van der Waals surface area contributed by atoms with Crippen LogP contribution in [-0.4, -0.2) is 22.6 Å². The highest BCUT2D eigenvalue weighted by atomic mass is 16.3. The molecule has 0 aliphatic carbocycles. The zero-order valence-corrected chi connectivity index (χ0v) is 11.4. The standard InChI is InChI=1S/C16H18N2O2/c1-12(14-8-5-9-17-10-14)16(20)18-15(11-19)13-6-3-2-4-7-13/h2-10,12,15,19H,11H2,1H3,(H,18,20). The minimum absolute atomic E-state index is 0.124. The summed E-state index contributed by atoms with van der Waals surface area (Å²) in [7, 11) is 0. The van der Waals surface area contributed by atoms with Crippen LogP contribution < -0.4 is 5.32 Å². The topological polar surface area (TPSA) is 62.2 Å². The molecule has 0 saturated heterocycles. The highest BCUT2D eigenvalue weighted by Crippen LogP contribution is 2.17. The highest BCUT2D eigenvalue weighted by Gasteiger charge is 2.19. The Balaban J connectivity index is 2.06. The summed E-state index contributed by atoms with van der Waals surface area (Å²) in [4.78, 5) is 16.3. The quantitative estimate of drug-likeness (QED) is 0.874. The van der Waals surface area contributed by atoms with Crippen molar-refractivity contribution < 1.29 is 9.90 Å². The fourth-order valence-electron chi connectivity index (χ4n) is 2.00. The second-order valence-corrected chi connectivity index (χ2v) is 4.66. The number of nitrogens with zero attached hydrogens (tertiary/aromatic N) is 1. The summed E-state index contributed by atoms with van der Waals surface area (Å²) in [5.74, 6) is -0.428. The van der Waals surface area contributed by atoms with Crippen molar-refractivity contribution in [1.82, 2.24) is 10.3 Å². The van der Waals surface area contributed by atoms with E-state index in [1.165, 1.54) is 0 Å². The lowest BCUT2D eigenvalue weighted by Crippen LogP contribution is -2.33. The molecular weight excluding hydrogens is 252 g/mol. The van der Waals surface area contributed by atoms with Gasteiger partial charge in [-0.1, -0.05) is 36.4 Å². The van der Waals surface area contributed by atoms with E-state index in [1.807, 2.05) is 43.3 Å². The summed E-state index contributed by atoms with van der Waals surface area (Å²) in [6, 6.07) is 12.7. The summed E-state index contributed by atoms with van der Waals surface area (Å²) in [5.41, 5.74) is 1.75. The number of hydrogen-bond donors (Lipinski definition) is 2. The van der Waals surface area contributed by atoms with Crippen molar-refractivity contribution in [1.29, 1.82) is 0 Å². The number of amides is 1. The Hall–Kier alpha value is -2.20. The van der Waals surface area contributed by atoms with E-state index >= 15 is 0 Å². The Kier molecular flexibility index (Phi) is 4.85. The number of aliphatic hydroxyl groups is 1. The van der Waals surface area contributed by atoms with Gasteiger partial charge in [-0.15, -0.1) is 0 Å². The molecule has 2 N–H and O–H groups in total. The minimum Gasteiger partial charge on any atom is -0.394 e. The van der Waals surface area contributed by atoms with Crippen LogP contribution in [0.2, 0.25) is 0 Å². The number of aromatic nitrogens is 1. The van der Waals surface area contributed by atoms with Gasteiger partial charge in [0.25, 0.3) is 0 Å². The second-order valence-electron chi connectivity index (χ2n) is 4.66. The van der Waals surface area contributed by atoms with Crippen LogP contribution in [0.25, 0.3) is 0 Å². The number of rotatable bonds is 5. The molecule has 2 unspecified atom stereocenters. The first kappa shape index (κ1) is 14.2. The third-order valence-electron chi connectivity index (χ3n) is 3.28. The van der Waals surface area contributed by atoms with Crippen molar-refractivity contribution in [2.24, 2.45) is 0 Å². The molecule has 0 fully saturated rings. The van der Waals surface area contributed by atoms with Crippen LogP contribution in [0.15, 0.2) is 54.9 Å². The third-order valence-corrected chi connectivity index (χ3v) is 3.28. The molecule has 1 aromatic carbocycles. The molecule has 104 valence electrons. The number of pyridine rings is 1. The molecule has 4 heteroatoms. The first-order valence-electron chi connectivity index (χ1n) is 6.58. The Morgan fingerprint density at radius 3 is 2.50 bits per heavy atom. The van der Waals surface area contributed by atoms with Gasteiger partial charge in [0.1, 0.15) is 0 Å². The van der Waals surface area contributed by atoms with Crippen molar-refractivity contribution in [3.63, 3.8) is 0 Å². The van der Waals surface area contributed by atoms with Crippen molar-refractivity contribution >= 4 is 5.91 Å². The van der Waals surface area contributed by atoms with Gasteiger partial charge in [-0.05, 0) is 24.1 Å². The molecule has 1 amide bonds. The van der Waals surface area contributed by atoms with E-state index in [1.54, 1.807) is 18.5 Å². The minimum atomic E-state index is -0.386. The molecule has 2 aromatic rings. The van der Waals surface area contributed by atoms with E-state index in [4.69, 9.17) is 0 Å². The number of carbonyl (C=O) groups excluding carboxylic acids is 1. The number of carbonyl (C=O) groups is 1. The van der Waals surface area contributed by atoms with Crippen molar-refractivity contribution in [3.05, 3.63) is 66.0 Å². The predicted molar refractivity (Wildman–Crippen MR) is 77.1 cm³/mol. The molecule has 0 spiro atoms. The second kappa shape index (κ2) is 6.82. The molecule has 0 radical (unpaired) electrons. The summed E-state index contributed by atoms with van der Waals surface area (Å²) in [5, 5.41) is 12.3. The summed E-state index contributed by atoms with van der Waals surface area (Å²) in [6.07, 6.45) is 3.36. The fraction of sp³-hybridized carbons (Fsp3) is 0.250. The van der Waals surface area contributed by atoms with Gasteiger partial charge in [0.15, 0.2) is 0 Å². The molecule has 1 heterocycles. The molecular formula is C16H18N2O2. The smallest absolute Gasteiger partial charge is 0.227 e. The van der Waals surface area contributed by atoms with Crippen LogP contribution in [0, 0.1) is 0 Å². The van der Waals surface area contributed by atoms with Gasteiger partial charge in [0, 0.05) is 12.4 Å². The van der Waals surface area contributed by atoms with Crippen molar-refractivity contribution in [2.75, 3.05) is 6.61 Å². The highest BCUT2D eigenvalue weighted by molar-refractivity contribution is 5.83. The van der Waals surface area contributed by atoms with E-state index in [0.717, 1.165) is 11.1 Å². The molecule has 4 nitrogen and oxygen atoms in total. The number of aliphatic hydroxyl groups excluding tert-OH is 1. The number of benzene rings is 1. The number of nitrogens with one attached hydrogen (secondary N) is 1. The predicted octanol–water partition coefficient (Wildman–Crippen LogP) is 2.03. The Labute approximate surface area is 118 Å². The third kappa shape index (κ3) is 3.42. The fourth-order valence-corrected chi connectivity index (χ4v) is 2.00. The monoisotopic (exact) mass is 270 g/mol.